The molecule has 13 atom stereocenters. The van der Waals surface area contributed by atoms with Crippen molar-refractivity contribution in [3.63, 3.8) is 0 Å². The van der Waals surface area contributed by atoms with Crippen molar-refractivity contribution >= 4 is 59.7 Å². The molecule has 3 aromatic carbocycles. The van der Waals surface area contributed by atoms with Gasteiger partial charge in [0.25, 0.3) is 0 Å². The van der Waals surface area contributed by atoms with Gasteiger partial charge in [0.15, 0.2) is 0 Å². The van der Waals surface area contributed by atoms with Crippen molar-refractivity contribution in [2.24, 2.45) is 17.8 Å². The van der Waals surface area contributed by atoms with E-state index in [9.17, 15) is 47.9 Å². The van der Waals surface area contributed by atoms with E-state index in [1.807, 2.05) is 72.8 Å². The van der Waals surface area contributed by atoms with Crippen LogP contribution < -0.4 is 53.2 Å². The van der Waals surface area contributed by atoms with Gasteiger partial charge in [-0.1, -0.05) is 105 Å². The van der Waals surface area contributed by atoms with Crippen LogP contribution in [0.4, 0.5) is 0 Å². The summed E-state index contributed by atoms with van der Waals surface area (Å²) in [4.78, 5) is 104. The third kappa shape index (κ3) is 29.8. The lowest BCUT2D eigenvalue weighted by atomic mass is 9.78. The molecule has 14 rings (SSSR count). The zero-order valence-electron chi connectivity index (χ0n) is 57.5. The third-order valence-corrected chi connectivity index (χ3v) is 19.1. The Morgan fingerprint density at radius 2 is 0.693 bits per heavy atom. The van der Waals surface area contributed by atoms with Gasteiger partial charge in [0.1, 0.15) is 60.4 Å². The number of piperidine rings is 2. The second-order valence-corrected chi connectivity index (χ2v) is 26.5. The van der Waals surface area contributed by atoms with E-state index < -0.39 is 77.8 Å². The highest BCUT2D eigenvalue weighted by molar-refractivity contribution is 5.78. The number of carboxylic acid groups (broad SMARTS) is 10. The SMILES string of the molecule is CC1CN[C@H](C(=O)O)C1.O=C(O)C1CCCCN1.O=C(O)C1CCCN1.O=C(O)[C@@H]1CCCCN1.O=C(O)[C@@H]1CCCN1.O=C(O)[C@@H]1CCN1.O=C(O)[C@@H]1Cc2ccccc2CN1.O=C(O)[C@H]1Cc2ccccc2CN1.O=C(O)[C@H]1NCC2CCCCC21.O=C(O)[C@H]1NCCc2ccccc21. The predicted molar refractivity (Wildman–Crippen MR) is 371 cm³/mol. The average Bonchev–Trinajstić information content (AvgIpc) is 1.80. The fraction of sp³-hybridized carbons (Fsp3) is 0.606. The first-order chi connectivity index (χ1) is 48.3. The minimum atomic E-state index is -0.799. The van der Waals surface area contributed by atoms with Gasteiger partial charge >= 0.3 is 59.7 Å². The Morgan fingerprint density at radius 3 is 1.03 bits per heavy atom. The van der Waals surface area contributed by atoms with E-state index in [1.54, 1.807) is 0 Å². The number of hydrogen-bond donors (Lipinski definition) is 20. The lowest BCUT2D eigenvalue weighted by Gasteiger charge is -2.26. The fourth-order valence-corrected chi connectivity index (χ4v) is 13.1. The highest BCUT2D eigenvalue weighted by atomic mass is 16.4. The van der Waals surface area contributed by atoms with Gasteiger partial charge in [-0.25, -0.2) is 0 Å². The Balaban J connectivity index is 0.000000204. The smallest absolute Gasteiger partial charge is 0.325 e. The molecule has 8 fully saturated rings. The Kier molecular flexibility index (Phi) is 37.3. The van der Waals surface area contributed by atoms with Crippen molar-refractivity contribution in [2.75, 3.05) is 52.4 Å². The van der Waals surface area contributed by atoms with Crippen molar-refractivity contribution in [3.8, 4) is 0 Å². The topological polar surface area (TPSA) is 493 Å². The molecule has 560 valence electrons. The number of carboxylic acids is 10. The molecule has 11 aliphatic rings. The number of aliphatic carboxylic acids is 10. The molecule has 10 aliphatic heterocycles. The van der Waals surface area contributed by atoms with Crippen LogP contribution in [0, 0.1) is 17.8 Å². The van der Waals surface area contributed by atoms with E-state index in [0.29, 0.717) is 43.7 Å². The molecule has 5 unspecified atom stereocenters. The van der Waals surface area contributed by atoms with Crippen LogP contribution in [0.15, 0.2) is 72.8 Å². The van der Waals surface area contributed by atoms with E-state index in [1.165, 1.54) is 30.4 Å². The largest absolute Gasteiger partial charge is 0.480 e. The predicted octanol–water partition coefficient (Wildman–Crippen LogP) is 2.95. The summed E-state index contributed by atoms with van der Waals surface area (Å²) in [5.74, 6) is -5.75. The van der Waals surface area contributed by atoms with Gasteiger partial charge in [0.05, 0.1) is 0 Å². The molecule has 7 saturated heterocycles. The van der Waals surface area contributed by atoms with E-state index in [-0.39, 0.29) is 42.3 Å². The molecule has 1 saturated carbocycles. The maximum atomic E-state index is 10.9. The molecule has 0 bridgehead atoms. The molecule has 0 amide bonds. The highest BCUT2D eigenvalue weighted by Gasteiger charge is 2.41. The Bertz CT molecular complexity index is 2970. The molecule has 20 N–H and O–H groups in total. The number of carbonyl (C=O) groups is 10. The summed E-state index contributed by atoms with van der Waals surface area (Å²) in [6.07, 6.45) is 17.9. The molecule has 30 nitrogen and oxygen atoms in total. The molecular weight excluding hydrogens is 1310 g/mol. The number of benzene rings is 3. The minimum absolute atomic E-state index is 0.250. The summed E-state index contributed by atoms with van der Waals surface area (Å²) in [6, 6.07) is 20.3. The van der Waals surface area contributed by atoms with Crippen LogP contribution in [0.1, 0.15) is 149 Å². The van der Waals surface area contributed by atoms with Crippen LogP contribution in [0.5, 0.6) is 0 Å². The van der Waals surface area contributed by atoms with E-state index in [4.69, 9.17) is 51.1 Å². The van der Waals surface area contributed by atoms with Crippen LogP contribution in [-0.2, 0) is 80.3 Å². The lowest BCUT2D eigenvalue weighted by molar-refractivity contribution is -0.142. The molecule has 0 spiro atoms. The van der Waals surface area contributed by atoms with Crippen molar-refractivity contribution < 1.29 is 99.0 Å². The maximum absolute atomic E-state index is 10.9. The third-order valence-electron chi connectivity index (χ3n) is 19.1. The Hall–Kier alpha value is -8.04. The Labute approximate surface area is 588 Å². The molecule has 0 aromatic heterocycles. The first-order valence-corrected chi connectivity index (χ1v) is 35.2. The Morgan fingerprint density at radius 1 is 0.317 bits per heavy atom. The van der Waals surface area contributed by atoms with Crippen LogP contribution in [-0.4, -0.2) is 217 Å². The zero-order chi connectivity index (χ0) is 73.8. The van der Waals surface area contributed by atoms with Gasteiger partial charge in [-0.05, 0) is 193 Å². The van der Waals surface area contributed by atoms with Gasteiger partial charge in [-0.3, -0.25) is 47.9 Å². The van der Waals surface area contributed by atoms with Crippen molar-refractivity contribution in [3.05, 3.63) is 106 Å². The maximum Gasteiger partial charge on any atom is 0.325 e. The molecule has 10 heterocycles. The number of hydrogen-bond acceptors (Lipinski definition) is 20. The fourth-order valence-electron chi connectivity index (χ4n) is 13.1. The molecular formula is C71H106N10O20. The summed E-state index contributed by atoms with van der Waals surface area (Å²) in [5.41, 5.74) is 6.76. The standard InChI is InChI=1S/3C10H11NO2.C9H15NO2.3C6H11NO2.2C5H9NO2.C4H7NO2/c2*12-10(13)9-5-7-3-1-2-4-8(7)6-11-9;12-10(13)9-8-4-2-1-3-7(8)5-6-11-9;11-9(12)8-7-4-2-1-3-6(7)5-10-8;1-4-2-5(6(8)9)7-3-4;2*8-6(9)5-3-1-2-4-7-5;2*7-5(8)4-2-1-3-6-4;6-4(7)3-1-2-5-3/h3*1-4,9,11H,5-6H2,(H,12,13);6-8,10H,1-5H2,(H,11,12);4-5,7H,2-3H2,1H3,(H,8,9);2*5,7H,1-4H2,(H,8,9);2*4,6H,1-3H2,(H,7,8);3,5H,1-2H2,(H,6,7)/t3*9-;6?,7?,8-;4?,5-;5-;;4-;;3-/m100000.0.0/s1. The first-order valence-electron chi connectivity index (χ1n) is 35.2. The lowest BCUT2D eigenvalue weighted by Crippen LogP contribution is -2.48. The molecule has 0 radical (unpaired) electrons. The molecule has 101 heavy (non-hydrogen) atoms. The zero-order valence-corrected chi connectivity index (χ0v) is 57.5. The first kappa shape index (κ1) is 83.6. The monoisotopic (exact) mass is 1420 g/mol. The van der Waals surface area contributed by atoms with E-state index in [2.05, 4.69) is 60.1 Å². The van der Waals surface area contributed by atoms with Crippen LogP contribution >= 0.6 is 0 Å². The second kappa shape index (κ2) is 45.0. The summed E-state index contributed by atoms with van der Waals surface area (Å²) in [7, 11) is 0. The summed E-state index contributed by atoms with van der Waals surface area (Å²) in [5, 5.41) is 115. The van der Waals surface area contributed by atoms with Crippen LogP contribution in [0.2, 0.25) is 0 Å². The summed E-state index contributed by atoms with van der Waals surface area (Å²) in [6.45, 7) is 10.2. The van der Waals surface area contributed by atoms with Crippen molar-refractivity contribution in [1.29, 1.82) is 0 Å². The van der Waals surface area contributed by atoms with Gasteiger partial charge in [0.2, 0.25) is 0 Å². The summed E-state index contributed by atoms with van der Waals surface area (Å²) < 4.78 is 0. The second-order valence-electron chi connectivity index (χ2n) is 26.5. The normalized spacial score (nSPS) is 27.4. The van der Waals surface area contributed by atoms with Gasteiger partial charge in [-0.2, -0.15) is 0 Å². The number of nitrogens with one attached hydrogen (secondary N) is 10. The number of rotatable bonds is 10. The van der Waals surface area contributed by atoms with Crippen molar-refractivity contribution in [2.45, 2.75) is 202 Å². The molecule has 1 aliphatic carbocycles. The number of fused-ring (bicyclic) bond motifs is 4. The highest BCUT2D eigenvalue weighted by Crippen LogP contribution is 2.36. The van der Waals surface area contributed by atoms with E-state index in [0.717, 1.165) is 165 Å². The minimum Gasteiger partial charge on any atom is -0.480 e. The van der Waals surface area contributed by atoms with E-state index >= 15 is 0 Å². The summed E-state index contributed by atoms with van der Waals surface area (Å²) >= 11 is 0. The average molecular weight is 1420 g/mol. The van der Waals surface area contributed by atoms with Gasteiger partial charge in [0, 0.05) is 19.6 Å². The molecule has 30 heteroatoms. The van der Waals surface area contributed by atoms with Crippen LogP contribution in [0.25, 0.3) is 0 Å². The van der Waals surface area contributed by atoms with Gasteiger partial charge in [-0.15, -0.1) is 0 Å². The quantitative estimate of drug-likeness (QED) is 0.139. The van der Waals surface area contributed by atoms with Crippen molar-refractivity contribution in [1.82, 2.24) is 53.2 Å². The van der Waals surface area contributed by atoms with Gasteiger partial charge < -0.3 is 104 Å². The molecule has 3 aromatic rings. The van der Waals surface area contributed by atoms with Crippen LogP contribution in [0.3, 0.4) is 0 Å².